The molecule has 6 nitrogen and oxygen atoms in total. The molecule has 0 unspecified atom stereocenters. The van der Waals surface area contributed by atoms with Gasteiger partial charge in [-0.15, -0.1) is 0 Å². The Hall–Kier alpha value is -4.24. The van der Waals surface area contributed by atoms with Crippen molar-refractivity contribution in [2.24, 2.45) is 10.2 Å². The van der Waals surface area contributed by atoms with Gasteiger partial charge in [0.2, 0.25) is 0 Å². The van der Waals surface area contributed by atoms with E-state index in [2.05, 4.69) is 16.8 Å². The topological polar surface area (TPSA) is 84.0 Å². The lowest BCUT2D eigenvalue weighted by Crippen LogP contribution is -2.08. The molecule has 3 aromatic rings. The van der Waals surface area contributed by atoms with Crippen LogP contribution in [0.15, 0.2) is 95.7 Å². The van der Waals surface area contributed by atoms with Crippen LogP contribution in [-0.4, -0.2) is 12.6 Å². The predicted molar refractivity (Wildman–Crippen MR) is 109 cm³/mol. The zero-order valence-electron chi connectivity index (χ0n) is 15.5. The van der Waals surface area contributed by atoms with Crippen LogP contribution in [0, 0.1) is 11.3 Å². The van der Waals surface area contributed by atoms with E-state index in [1.165, 1.54) is 0 Å². The van der Waals surface area contributed by atoms with E-state index in [0.29, 0.717) is 40.6 Å². The van der Waals surface area contributed by atoms with E-state index in [1.54, 1.807) is 78.9 Å². The average Bonchev–Trinajstić information content (AvgIpc) is 2.78. The van der Waals surface area contributed by atoms with Crippen molar-refractivity contribution in [3.63, 3.8) is 0 Å². The number of carbonyl (C=O) groups is 1. The van der Waals surface area contributed by atoms with Gasteiger partial charge in [0.05, 0.1) is 28.6 Å². The van der Waals surface area contributed by atoms with Crippen molar-refractivity contribution in [1.82, 2.24) is 0 Å². The quantitative estimate of drug-likeness (QED) is 0.225. The molecule has 6 heteroatoms. The van der Waals surface area contributed by atoms with E-state index in [0.717, 1.165) is 0 Å². The first-order chi connectivity index (χ1) is 14.2. The molecule has 0 spiro atoms. The molecule has 0 aromatic heterocycles. The number of esters is 1. The van der Waals surface area contributed by atoms with Crippen LogP contribution in [0.3, 0.4) is 0 Å². The van der Waals surface area contributed by atoms with Gasteiger partial charge in [0.1, 0.15) is 18.1 Å². The first-order valence-corrected chi connectivity index (χ1v) is 8.76. The summed E-state index contributed by atoms with van der Waals surface area (Å²) < 4.78 is 10.8. The second kappa shape index (κ2) is 9.62. The van der Waals surface area contributed by atoms with Gasteiger partial charge in [-0.3, -0.25) is 0 Å². The van der Waals surface area contributed by atoms with Crippen molar-refractivity contribution in [2.75, 3.05) is 6.61 Å². The van der Waals surface area contributed by atoms with Crippen molar-refractivity contribution < 1.29 is 14.3 Å². The van der Waals surface area contributed by atoms with Crippen molar-refractivity contribution in [1.29, 1.82) is 5.26 Å². The molecule has 0 heterocycles. The first kappa shape index (κ1) is 19.5. The third-order valence-corrected chi connectivity index (χ3v) is 3.78. The molecule has 29 heavy (non-hydrogen) atoms. The Bertz CT molecular complexity index is 1050. The number of hydrogen-bond donors (Lipinski definition) is 0. The van der Waals surface area contributed by atoms with Crippen LogP contribution in [0.5, 0.6) is 11.5 Å². The first-order valence-electron chi connectivity index (χ1n) is 8.76. The molecule has 0 atom stereocenters. The molecule has 0 saturated carbocycles. The third kappa shape index (κ3) is 5.62. The number of rotatable bonds is 7. The highest BCUT2D eigenvalue weighted by Crippen LogP contribution is 2.22. The maximum absolute atomic E-state index is 12.2. The highest BCUT2D eigenvalue weighted by Gasteiger charge is 2.09. The Kier molecular flexibility index (Phi) is 6.48. The maximum Gasteiger partial charge on any atom is 0.343 e. The van der Waals surface area contributed by atoms with Gasteiger partial charge in [-0.2, -0.15) is 15.5 Å². The number of azo groups is 1. The van der Waals surface area contributed by atoms with E-state index >= 15 is 0 Å². The zero-order valence-corrected chi connectivity index (χ0v) is 15.5. The molecule has 142 valence electrons. The molecule has 0 amide bonds. The highest BCUT2D eigenvalue weighted by molar-refractivity contribution is 5.91. The SMILES string of the molecule is C=CCOc1ccc(C(=O)Oc2ccc(N=Nc3ccc(C#N)cc3)cc2)cc1. The summed E-state index contributed by atoms with van der Waals surface area (Å²) in [6, 6.07) is 22.2. The summed E-state index contributed by atoms with van der Waals surface area (Å²) in [5, 5.41) is 17.0. The molecule has 0 fully saturated rings. The maximum atomic E-state index is 12.2. The Morgan fingerprint density at radius 1 is 0.897 bits per heavy atom. The molecule has 0 aliphatic rings. The number of hydrogen-bond acceptors (Lipinski definition) is 6. The normalized spacial score (nSPS) is 10.3. The molecule has 0 bridgehead atoms. The lowest BCUT2D eigenvalue weighted by Gasteiger charge is -2.06. The fraction of sp³-hybridized carbons (Fsp3) is 0.0435. The lowest BCUT2D eigenvalue weighted by molar-refractivity contribution is 0.0734. The summed E-state index contributed by atoms with van der Waals surface area (Å²) in [5.41, 5.74) is 2.23. The molecule has 0 aliphatic heterocycles. The van der Waals surface area contributed by atoms with Gasteiger partial charge >= 0.3 is 5.97 Å². The smallest absolute Gasteiger partial charge is 0.343 e. The number of carbonyl (C=O) groups excluding carboxylic acids is 1. The Labute approximate surface area is 168 Å². The van der Waals surface area contributed by atoms with Crippen LogP contribution in [-0.2, 0) is 0 Å². The van der Waals surface area contributed by atoms with Crippen molar-refractivity contribution in [2.45, 2.75) is 0 Å². The highest BCUT2D eigenvalue weighted by atomic mass is 16.5. The summed E-state index contributed by atoms with van der Waals surface area (Å²) in [6.07, 6.45) is 1.65. The van der Waals surface area contributed by atoms with Crippen LogP contribution in [0.4, 0.5) is 11.4 Å². The predicted octanol–water partition coefficient (Wildman–Crippen LogP) is 5.76. The summed E-state index contributed by atoms with van der Waals surface area (Å²) in [6.45, 7) is 3.99. The fourth-order valence-electron chi connectivity index (χ4n) is 2.31. The number of ether oxygens (including phenoxy) is 2. The molecular weight excluding hydrogens is 366 g/mol. The third-order valence-electron chi connectivity index (χ3n) is 3.78. The molecule has 3 rings (SSSR count). The number of nitrogens with zero attached hydrogens (tertiary/aromatic N) is 3. The second-order valence-electron chi connectivity index (χ2n) is 5.87. The van der Waals surface area contributed by atoms with Crippen LogP contribution in [0.25, 0.3) is 0 Å². The summed E-state index contributed by atoms with van der Waals surface area (Å²) >= 11 is 0. The average molecular weight is 383 g/mol. The van der Waals surface area contributed by atoms with Crippen molar-refractivity contribution in [3.8, 4) is 17.6 Å². The Morgan fingerprint density at radius 2 is 1.45 bits per heavy atom. The van der Waals surface area contributed by atoms with E-state index in [-0.39, 0.29) is 0 Å². The van der Waals surface area contributed by atoms with Crippen LogP contribution in [0.1, 0.15) is 15.9 Å². The van der Waals surface area contributed by atoms with Crippen molar-refractivity contribution >= 4 is 17.3 Å². The van der Waals surface area contributed by atoms with E-state index in [4.69, 9.17) is 14.7 Å². The molecular formula is C23H17N3O3. The van der Waals surface area contributed by atoms with Gasteiger partial charge in [0.25, 0.3) is 0 Å². The van der Waals surface area contributed by atoms with Gasteiger partial charge in [0.15, 0.2) is 0 Å². The minimum atomic E-state index is -0.466. The summed E-state index contributed by atoms with van der Waals surface area (Å²) in [4.78, 5) is 12.2. The van der Waals surface area contributed by atoms with Crippen LogP contribution in [0.2, 0.25) is 0 Å². The number of nitriles is 1. The summed E-state index contributed by atoms with van der Waals surface area (Å²) in [5.74, 6) is 0.588. The van der Waals surface area contributed by atoms with E-state index < -0.39 is 5.97 Å². The fourth-order valence-corrected chi connectivity index (χ4v) is 2.31. The zero-order chi connectivity index (χ0) is 20.5. The Balaban J connectivity index is 1.59. The van der Waals surface area contributed by atoms with Crippen molar-refractivity contribution in [3.05, 3.63) is 96.6 Å². The second-order valence-corrected chi connectivity index (χ2v) is 5.87. The monoisotopic (exact) mass is 383 g/mol. The van der Waals surface area contributed by atoms with Gasteiger partial charge in [-0.05, 0) is 72.8 Å². The minimum Gasteiger partial charge on any atom is -0.490 e. The summed E-state index contributed by atoms with van der Waals surface area (Å²) in [7, 11) is 0. The van der Waals surface area contributed by atoms with Gasteiger partial charge in [-0.25, -0.2) is 4.79 Å². The van der Waals surface area contributed by atoms with Gasteiger partial charge in [-0.1, -0.05) is 12.7 Å². The molecule has 0 radical (unpaired) electrons. The number of benzene rings is 3. The largest absolute Gasteiger partial charge is 0.490 e. The Morgan fingerprint density at radius 3 is 2.00 bits per heavy atom. The molecule has 0 saturated heterocycles. The van der Waals surface area contributed by atoms with E-state index in [9.17, 15) is 4.79 Å². The van der Waals surface area contributed by atoms with Gasteiger partial charge in [0, 0.05) is 0 Å². The molecule has 0 N–H and O–H groups in total. The molecule has 0 aliphatic carbocycles. The molecule has 3 aromatic carbocycles. The minimum absolute atomic E-state index is 0.401. The van der Waals surface area contributed by atoms with E-state index in [1.807, 2.05) is 6.07 Å². The lowest BCUT2D eigenvalue weighted by atomic mass is 10.2. The van der Waals surface area contributed by atoms with Gasteiger partial charge < -0.3 is 9.47 Å². The standard InChI is InChI=1S/C23H17N3O3/c1-2-15-28-21-11-5-18(6-12-21)23(27)29-22-13-9-20(10-14-22)26-25-19-7-3-17(16-24)4-8-19/h2-14H,1,15H2. The van der Waals surface area contributed by atoms with Crippen LogP contribution >= 0.6 is 0 Å². The van der Waals surface area contributed by atoms with Crippen LogP contribution < -0.4 is 9.47 Å².